The van der Waals surface area contributed by atoms with Crippen molar-refractivity contribution in [3.8, 4) is 5.75 Å². The Balaban J connectivity index is 3.13. The van der Waals surface area contributed by atoms with E-state index in [0.29, 0.717) is 6.54 Å². The quantitative estimate of drug-likeness (QED) is 0.879. The highest BCUT2D eigenvalue weighted by atomic mass is 32.2. The highest BCUT2D eigenvalue weighted by Gasteiger charge is 2.26. The summed E-state index contributed by atoms with van der Waals surface area (Å²) in [6, 6.07) is 5.60. The highest BCUT2D eigenvalue weighted by Crippen LogP contribution is 2.21. The van der Waals surface area contributed by atoms with Crippen molar-refractivity contribution < 1.29 is 13.5 Å². The van der Waals surface area contributed by atoms with Gasteiger partial charge in [-0.1, -0.05) is 13.8 Å². The van der Waals surface area contributed by atoms with Crippen LogP contribution in [0.2, 0.25) is 0 Å². The summed E-state index contributed by atoms with van der Waals surface area (Å²) in [4.78, 5) is 0.220. The number of benzene rings is 1. The number of sulfonamides is 1. The van der Waals surface area contributed by atoms with Gasteiger partial charge in [0.05, 0.1) is 4.90 Å². The Kier molecular flexibility index (Phi) is 4.54. The molecule has 96 valence electrons. The van der Waals surface area contributed by atoms with E-state index in [2.05, 4.69) is 0 Å². The van der Waals surface area contributed by atoms with Crippen molar-refractivity contribution in [2.24, 2.45) is 0 Å². The maximum absolute atomic E-state index is 12.3. The van der Waals surface area contributed by atoms with Gasteiger partial charge in [-0.2, -0.15) is 4.31 Å². The monoisotopic (exact) mass is 257 g/mol. The van der Waals surface area contributed by atoms with Crippen LogP contribution in [-0.4, -0.2) is 30.4 Å². The number of rotatable bonds is 5. The lowest BCUT2D eigenvalue weighted by Gasteiger charge is -2.26. The standard InChI is InChI=1S/C12H19NO3S/c1-4-10(3)13(5-2)17(15,16)12-8-6-11(14)7-9-12/h6-10,14H,4-5H2,1-3H3. The van der Waals surface area contributed by atoms with Crippen LogP contribution in [0.4, 0.5) is 0 Å². The molecule has 0 aromatic heterocycles. The first-order valence-electron chi connectivity index (χ1n) is 5.74. The van der Waals surface area contributed by atoms with Crippen LogP contribution < -0.4 is 0 Å². The van der Waals surface area contributed by atoms with Crippen molar-refractivity contribution >= 4 is 10.0 Å². The summed E-state index contributed by atoms with van der Waals surface area (Å²) in [5.74, 6) is 0.0653. The van der Waals surface area contributed by atoms with Gasteiger partial charge < -0.3 is 5.11 Å². The van der Waals surface area contributed by atoms with Gasteiger partial charge in [0.2, 0.25) is 10.0 Å². The number of aromatic hydroxyl groups is 1. The lowest BCUT2D eigenvalue weighted by Crippen LogP contribution is -2.38. The summed E-state index contributed by atoms with van der Waals surface area (Å²) in [6.07, 6.45) is 0.769. The van der Waals surface area contributed by atoms with Crippen LogP contribution in [0.1, 0.15) is 27.2 Å². The number of hydrogen-bond acceptors (Lipinski definition) is 3. The maximum atomic E-state index is 12.3. The van der Waals surface area contributed by atoms with E-state index < -0.39 is 10.0 Å². The second-order valence-corrected chi connectivity index (χ2v) is 5.85. The normalized spacial score (nSPS) is 13.9. The number of phenolic OH excluding ortho intramolecular Hbond substituents is 1. The zero-order valence-electron chi connectivity index (χ0n) is 10.4. The first-order valence-corrected chi connectivity index (χ1v) is 7.18. The average molecular weight is 257 g/mol. The number of nitrogens with zero attached hydrogens (tertiary/aromatic N) is 1. The molecule has 4 nitrogen and oxygen atoms in total. The Morgan fingerprint density at radius 2 is 1.76 bits per heavy atom. The molecule has 0 fully saturated rings. The minimum absolute atomic E-state index is 0.0289. The summed E-state index contributed by atoms with van der Waals surface area (Å²) < 4.78 is 26.1. The fourth-order valence-electron chi connectivity index (χ4n) is 1.68. The molecule has 0 heterocycles. The average Bonchev–Trinajstić information content (AvgIpc) is 2.29. The van der Waals surface area contributed by atoms with Crippen LogP contribution in [0.5, 0.6) is 5.75 Å². The summed E-state index contributed by atoms with van der Waals surface area (Å²) in [5.41, 5.74) is 0. The molecule has 0 amide bonds. The lowest BCUT2D eigenvalue weighted by molar-refractivity contribution is 0.342. The Hall–Kier alpha value is -1.07. The first kappa shape index (κ1) is 14.0. The molecular formula is C12H19NO3S. The van der Waals surface area contributed by atoms with Gasteiger partial charge in [-0.3, -0.25) is 0 Å². The van der Waals surface area contributed by atoms with Crippen molar-refractivity contribution in [3.05, 3.63) is 24.3 Å². The van der Waals surface area contributed by atoms with Crippen molar-refractivity contribution in [1.82, 2.24) is 4.31 Å². The molecule has 0 aliphatic rings. The molecule has 1 atom stereocenters. The fraction of sp³-hybridized carbons (Fsp3) is 0.500. The second-order valence-electron chi connectivity index (χ2n) is 3.96. The van der Waals surface area contributed by atoms with Gasteiger partial charge in [-0.25, -0.2) is 8.42 Å². The highest BCUT2D eigenvalue weighted by molar-refractivity contribution is 7.89. The maximum Gasteiger partial charge on any atom is 0.243 e. The summed E-state index contributed by atoms with van der Waals surface area (Å²) in [5, 5.41) is 9.17. The van der Waals surface area contributed by atoms with Crippen LogP contribution in [0.25, 0.3) is 0 Å². The summed E-state index contributed by atoms with van der Waals surface area (Å²) in [7, 11) is -3.46. The minimum Gasteiger partial charge on any atom is -0.508 e. The largest absolute Gasteiger partial charge is 0.508 e. The molecule has 5 heteroatoms. The molecule has 0 bridgehead atoms. The first-order chi connectivity index (χ1) is 7.93. The molecular weight excluding hydrogens is 238 g/mol. The van der Waals surface area contributed by atoms with Crippen molar-refractivity contribution in [2.75, 3.05) is 6.54 Å². The van der Waals surface area contributed by atoms with E-state index >= 15 is 0 Å². The Morgan fingerprint density at radius 3 is 2.18 bits per heavy atom. The molecule has 1 aromatic carbocycles. The molecule has 1 rings (SSSR count). The Bertz CT molecular complexity index is 453. The van der Waals surface area contributed by atoms with E-state index in [9.17, 15) is 8.42 Å². The van der Waals surface area contributed by atoms with Gasteiger partial charge in [0, 0.05) is 12.6 Å². The molecule has 17 heavy (non-hydrogen) atoms. The van der Waals surface area contributed by atoms with Gasteiger partial charge in [-0.05, 0) is 37.6 Å². The second kappa shape index (κ2) is 5.51. The Morgan fingerprint density at radius 1 is 1.24 bits per heavy atom. The molecule has 1 unspecified atom stereocenters. The Labute approximate surface area is 103 Å². The van der Waals surface area contributed by atoms with Crippen LogP contribution in [0.15, 0.2) is 29.2 Å². The summed E-state index contributed by atoms with van der Waals surface area (Å²) in [6.45, 7) is 6.11. The summed E-state index contributed by atoms with van der Waals surface area (Å²) >= 11 is 0. The molecule has 1 N–H and O–H groups in total. The topological polar surface area (TPSA) is 57.6 Å². The van der Waals surface area contributed by atoms with Crippen LogP contribution in [0.3, 0.4) is 0 Å². The third-order valence-electron chi connectivity index (χ3n) is 2.84. The lowest BCUT2D eigenvalue weighted by atomic mass is 10.3. The molecule has 0 spiro atoms. The van der Waals surface area contributed by atoms with Crippen molar-refractivity contribution in [1.29, 1.82) is 0 Å². The van der Waals surface area contributed by atoms with Crippen LogP contribution >= 0.6 is 0 Å². The van der Waals surface area contributed by atoms with Gasteiger partial charge in [0.1, 0.15) is 5.75 Å². The van der Waals surface area contributed by atoms with E-state index in [1.165, 1.54) is 28.6 Å². The van der Waals surface area contributed by atoms with Gasteiger partial charge in [0.15, 0.2) is 0 Å². The van der Waals surface area contributed by atoms with E-state index in [0.717, 1.165) is 6.42 Å². The number of phenols is 1. The van der Waals surface area contributed by atoms with E-state index in [1.54, 1.807) is 0 Å². The van der Waals surface area contributed by atoms with Crippen LogP contribution in [-0.2, 0) is 10.0 Å². The zero-order chi connectivity index (χ0) is 13.1. The molecule has 0 saturated heterocycles. The van der Waals surface area contributed by atoms with E-state index in [-0.39, 0.29) is 16.7 Å². The smallest absolute Gasteiger partial charge is 0.243 e. The molecule has 0 aliphatic heterocycles. The number of hydrogen-bond donors (Lipinski definition) is 1. The van der Waals surface area contributed by atoms with Crippen LogP contribution in [0, 0.1) is 0 Å². The third-order valence-corrected chi connectivity index (χ3v) is 4.94. The van der Waals surface area contributed by atoms with Crippen molar-refractivity contribution in [3.63, 3.8) is 0 Å². The molecule has 1 aromatic rings. The predicted octanol–water partition coefficient (Wildman–Crippen LogP) is 2.20. The van der Waals surface area contributed by atoms with Gasteiger partial charge in [0.25, 0.3) is 0 Å². The molecule has 0 saturated carbocycles. The van der Waals surface area contributed by atoms with Gasteiger partial charge in [-0.15, -0.1) is 0 Å². The predicted molar refractivity (Wildman–Crippen MR) is 67.4 cm³/mol. The zero-order valence-corrected chi connectivity index (χ0v) is 11.2. The SMILES string of the molecule is CCC(C)N(CC)S(=O)(=O)c1ccc(O)cc1. The molecule has 0 aliphatic carbocycles. The van der Waals surface area contributed by atoms with E-state index in [4.69, 9.17) is 5.11 Å². The third kappa shape index (κ3) is 2.98. The van der Waals surface area contributed by atoms with Crippen molar-refractivity contribution in [2.45, 2.75) is 38.1 Å². The van der Waals surface area contributed by atoms with E-state index in [1.807, 2.05) is 20.8 Å². The van der Waals surface area contributed by atoms with Gasteiger partial charge >= 0.3 is 0 Å². The fourth-order valence-corrected chi connectivity index (χ4v) is 3.39. The molecule has 0 radical (unpaired) electrons. The minimum atomic E-state index is -3.46.